The number of halogens is 1. The largest absolute Gasteiger partial charge is 0.375 e. The Morgan fingerprint density at radius 2 is 2.24 bits per heavy atom. The Morgan fingerprint density at radius 1 is 1.40 bits per heavy atom. The molecule has 1 aromatic heterocycles. The molecule has 0 aliphatic carbocycles. The highest BCUT2D eigenvalue weighted by Gasteiger charge is 2.21. The lowest BCUT2D eigenvalue weighted by Crippen LogP contribution is -2.44. The van der Waals surface area contributed by atoms with E-state index in [0.717, 1.165) is 36.3 Å². The number of hydrogen-bond donors (Lipinski definition) is 1. The summed E-state index contributed by atoms with van der Waals surface area (Å²) in [6.45, 7) is 8.35. The van der Waals surface area contributed by atoms with Gasteiger partial charge in [-0.15, -0.1) is 10.2 Å². The number of thioether (sulfide) groups is 1. The quantitative estimate of drug-likeness (QED) is 0.734. The minimum absolute atomic E-state index is 0.212. The Morgan fingerprint density at radius 3 is 3.04 bits per heavy atom. The van der Waals surface area contributed by atoms with Crippen LogP contribution in [0.3, 0.4) is 0 Å². The summed E-state index contributed by atoms with van der Waals surface area (Å²) in [4.78, 5) is 2.46. The molecular weight excluding hydrogens is 359 g/mol. The maximum absolute atomic E-state index is 13.7. The first kappa shape index (κ1) is 18.6. The topological polar surface area (TPSA) is 50.3 Å². The van der Waals surface area contributed by atoms with E-state index in [2.05, 4.69) is 34.3 Å². The van der Waals surface area contributed by atoms with E-state index in [0.29, 0.717) is 16.7 Å². The van der Waals surface area contributed by atoms with E-state index < -0.39 is 0 Å². The first-order valence-corrected chi connectivity index (χ1v) is 10.2. The van der Waals surface area contributed by atoms with Crippen molar-refractivity contribution in [3.05, 3.63) is 30.1 Å². The minimum atomic E-state index is -0.298. The maximum atomic E-state index is 13.7. The van der Waals surface area contributed by atoms with Gasteiger partial charge in [0.1, 0.15) is 5.82 Å². The van der Waals surface area contributed by atoms with Crippen LogP contribution in [0, 0.1) is 11.7 Å². The van der Waals surface area contributed by atoms with Crippen LogP contribution in [0.2, 0.25) is 0 Å². The van der Waals surface area contributed by atoms with Crippen LogP contribution in [-0.2, 0) is 4.74 Å². The summed E-state index contributed by atoms with van der Waals surface area (Å²) in [6, 6.07) is 6.55. The molecule has 1 atom stereocenters. The predicted molar refractivity (Wildman–Crippen MR) is 101 cm³/mol. The summed E-state index contributed by atoms with van der Waals surface area (Å²) in [5.74, 6) is 1.22. The van der Waals surface area contributed by atoms with Crippen molar-refractivity contribution in [3.8, 4) is 0 Å². The number of para-hydroxylation sites is 1. The third-order valence-corrected chi connectivity index (χ3v) is 5.86. The lowest BCUT2D eigenvalue weighted by molar-refractivity contribution is -0.0191. The van der Waals surface area contributed by atoms with E-state index in [-0.39, 0.29) is 11.9 Å². The average Bonchev–Trinajstić information content (AvgIpc) is 3.02. The van der Waals surface area contributed by atoms with Gasteiger partial charge in [-0.05, 0) is 18.1 Å². The van der Waals surface area contributed by atoms with E-state index in [1.165, 1.54) is 17.4 Å². The molecule has 1 aliphatic heterocycles. The van der Waals surface area contributed by atoms with Crippen LogP contribution in [0.4, 0.5) is 15.2 Å². The highest BCUT2D eigenvalue weighted by atomic mass is 32.2. The number of nitrogens with zero attached hydrogens (tertiary/aromatic N) is 3. The molecule has 3 rings (SSSR count). The summed E-state index contributed by atoms with van der Waals surface area (Å²) >= 11 is 3.07. The number of aromatic nitrogens is 2. The number of benzene rings is 1. The van der Waals surface area contributed by atoms with Crippen LogP contribution in [0.5, 0.6) is 0 Å². The monoisotopic (exact) mass is 382 g/mol. The van der Waals surface area contributed by atoms with Crippen LogP contribution >= 0.6 is 23.1 Å². The van der Waals surface area contributed by atoms with Gasteiger partial charge in [-0.2, -0.15) is 0 Å². The molecule has 5 nitrogen and oxygen atoms in total. The molecule has 25 heavy (non-hydrogen) atoms. The first-order valence-electron chi connectivity index (χ1n) is 8.42. The Balaban J connectivity index is 1.49. The second-order valence-corrected chi connectivity index (χ2v) is 8.68. The normalized spacial score (nSPS) is 18.6. The summed E-state index contributed by atoms with van der Waals surface area (Å²) in [7, 11) is 0. The molecular formula is C17H23FN4OS2. The number of hydrogen-bond acceptors (Lipinski definition) is 7. The van der Waals surface area contributed by atoms with Gasteiger partial charge in [0.25, 0.3) is 0 Å². The summed E-state index contributed by atoms with van der Waals surface area (Å²) in [5, 5.41) is 11.8. The van der Waals surface area contributed by atoms with E-state index >= 15 is 0 Å². The fourth-order valence-corrected chi connectivity index (χ4v) is 4.52. The molecule has 0 saturated carbocycles. The summed E-state index contributed by atoms with van der Waals surface area (Å²) in [5.41, 5.74) is 0.412. The van der Waals surface area contributed by atoms with E-state index in [1.807, 2.05) is 0 Å². The van der Waals surface area contributed by atoms with Gasteiger partial charge in [-0.25, -0.2) is 4.39 Å². The van der Waals surface area contributed by atoms with Crippen molar-refractivity contribution >= 4 is 33.9 Å². The Bertz CT molecular complexity index is 682. The first-order chi connectivity index (χ1) is 12.1. The Kier molecular flexibility index (Phi) is 6.63. The summed E-state index contributed by atoms with van der Waals surface area (Å²) < 4.78 is 20.4. The van der Waals surface area contributed by atoms with Gasteiger partial charge >= 0.3 is 0 Å². The fourth-order valence-electron chi connectivity index (χ4n) is 2.72. The average molecular weight is 383 g/mol. The van der Waals surface area contributed by atoms with Gasteiger partial charge < -0.3 is 10.1 Å². The van der Waals surface area contributed by atoms with Crippen molar-refractivity contribution in [1.82, 2.24) is 15.1 Å². The molecule has 136 valence electrons. The van der Waals surface area contributed by atoms with Gasteiger partial charge in [0.2, 0.25) is 5.13 Å². The molecule has 0 unspecified atom stereocenters. The number of anilines is 2. The Labute approximate surface area is 156 Å². The molecule has 1 aromatic carbocycles. The van der Waals surface area contributed by atoms with Gasteiger partial charge in [0.15, 0.2) is 4.34 Å². The van der Waals surface area contributed by atoms with Crippen molar-refractivity contribution in [3.63, 3.8) is 0 Å². The highest BCUT2D eigenvalue weighted by molar-refractivity contribution is 8.01. The molecule has 2 aromatic rings. The van der Waals surface area contributed by atoms with Crippen LogP contribution in [-0.4, -0.2) is 53.2 Å². The molecule has 1 saturated heterocycles. The standard InChI is InChI=1S/C17H23FN4OS2/c1-12(2)9-22-7-8-23-13(10-22)11-24-17-21-20-16(25-17)19-15-6-4-3-5-14(15)18/h3-6,12-13H,7-11H2,1-2H3,(H,19,20)/t13-/m0/s1. The lowest BCUT2D eigenvalue weighted by atomic mass is 10.2. The third-order valence-electron chi connectivity index (χ3n) is 3.76. The maximum Gasteiger partial charge on any atom is 0.210 e. The zero-order valence-corrected chi connectivity index (χ0v) is 16.1. The zero-order chi connectivity index (χ0) is 17.6. The molecule has 0 spiro atoms. The lowest BCUT2D eigenvalue weighted by Gasteiger charge is -2.33. The van der Waals surface area contributed by atoms with Crippen LogP contribution < -0.4 is 5.32 Å². The predicted octanol–water partition coefficient (Wildman–Crippen LogP) is 3.87. The minimum Gasteiger partial charge on any atom is -0.375 e. The number of morpholine rings is 1. The van der Waals surface area contributed by atoms with Crippen molar-refractivity contribution in [2.24, 2.45) is 5.92 Å². The Hall–Kier alpha value is -1.22. The van der Waals surface area contributed by atoms with Crippen LogP contribution in [0.25, 0.3) is 0 Å². The number of rotatable bonds is 7. The van der Waals surface area contributed by atoms with E-state index in [4.69, 9.17) is 4.74 Å². The fraction of sp³-hybridized carbons (Fsp3) is 0.529. The van der Waals surface area contributed by atoms with Crippen molar-refractivity contribution in [2.45, 2.75) is 24.3 Å². The van der Waals surface area contributed by atoms with Crippen molar-refractivity contribution in [1.29, 1.82) is 0 Å². The second-order valence-electron chi connectivity index (χ2n) is 6.44. The zero-order valence-electron chi connectivity index (χ0n) is 14.4. The molecule has 8 heteroatoms. The smallest absolute Gasteiger partial charge is 0.210 e. The van der Waals surface area contributed by atoms with Gasteiger partial charge in [0, 0.05) is 25.4 Å². The van der Waals surface area contributed by atoms with E-state index in [9.17, 15) is 4.39 Å². The van der Waals surface area contributed by atoms with Gasteiger partial charge in [-0.1, -0.05) is 49.1 Å². The van der Waals surface area contributed by atoms with Gasteiger partial charge in [-0.3, -0.25) is 4.90 Å². The van der Waals surface area contributed by atoms with Crippen molar-refractivity contribution in [2.75, 3.05) is 37.3 Å². The molecule has 1 aliphatic rings. The molecule has 1 fully saturated rings. The highest BCUT2D eigenvalue weighted by Crippen LogP contribution is 2.29. The van der Waals surface area contributed by atoms with Crippen LogP contribution in [0.1, 0.15) is 13.8 Å². The molecule has 0 amide bonds. The molecule has 0 radical (unpaired) electrons. The number of ether oxygens (including phenoxy) is 1. The molecule has 1 N–H and O–H groups in total. The van der Waals surface area contributed by atoms with E-state index in [1.54, 1.807) is 30.0 Å². The summed E-state index contributed by atoms with van der Waals surface area (Å²) in [6.07, 6.45) is 0.212. The SMILES string of the molecule is CC(C)CN1CCO[C@H](CSc2nnc(Nc3ccccc3F)s2)C1. The second kappa shape index (κ2) is 8.93. The van der Waals surface area contributed by atoms with Crippen LogP contribution in [0.15, 0.2) is 28.6 Å². The number of nitrogens with one attached hydrogen (secondary N) is 1. The van der Waals surface area contributed by atoms with Crippen molar-refractivity contribution < 1.29 is 9.13 Å². The third kappa shape index (κ3) is 5.64. The molecule has 2 heterocycles. The van der Waals surface area contributed by atoms with Gasteiger partial charge in [0.05, 0.1) is 18.4 Å². The molecule has 0 bridgehead atoms.